The number of aryl methyl sites for hydroxylation is 1. The molecule has 1 aliphatic heterocycles. The second-order valence-corrected chi connectivity index (χ2v) is 9.09. The van der Waals surface area contributed by atoms with Crippen LogP contribution in [0.15, 0.2) is 21.7 Å². The summed E-state index contributed by atoms with van der Waals surface area (Å²) in [7, 11) is 0. The number of aromatic nitrogens is 2. The van der Waals surface area contributed by atoms with Crippen molar-refractivity contribution in [3.63, 3.8) is 0 Å². The van der Waals surface area contributed by atoms with Gasteiger partial charge in [-0.1, -0.05) is 0 Å². The van der Waals surface area contributed by atoms with Gasteiger partial charge in [0.1, 0.15) is 0 Å². The molecule has 152 valence electrons. The van der Waals surface area contributed by atoms with Crippen LogP contribution in [-0.2, 0) is 0 Å². The number of nitrogens with zero attached hydrogens (tertiary/aromatic N) is 4. The number of hydrogen-bond acceptors (Lipinski definition) is 5. The van der Waals surface area contributed by atoms with E-state index in [2.05, 4.69) is 40.3 Å². The van der Waals surface area contributed by atoms with E-state index in [0.717, 1.165) is 55.7 Å². The van der Waals surface area contributed by atoms with Crippen LogP contribution in [0.2, 0.25) is 0 Å². The first-order valence-electron chi connectivity index (χ1n) is 10.3. The second-order valence-electron chi connectivity index (χ2n) is 8.25. The van der Waals surface area contributed by atoms with Crippen molar-refractivity contribution in [3.05, 3.63) is 38.5 Å². The van der Waals surface area contributed by atoms with Crippen LogP contribution in [0.3, 0.4) is 0 Å². The van der Waals surface area contributed by atoms with Gasteiger partial charge in [0, 0.05) is 6.42 Å². The van der Waals surface area contributed by atoms with Crippen molar-refractivity contribution in [2.75, 3.05) is 24.5 Å². The first-order valence-corrected chi connectivity index (χ1v) is 11.1. The molecule has 2 heterocycles. The van der Waals surface area contributed by atoms with Crippen LogP contribution in [0.25, 0.3) is 10.9 Å². The van der Waals surface area contributed by atoms with E-state index in [1.807, 2.05) is 23.6 Å². The van der Waals surface area contributed by atoms with E-state index in [1.54, 1.807) is 0 Å². The zero-order chi connectivity index (χ0) is 20.7. The maximum atomic E-state index is 12.8. The van der Waals surface area contributed by atoms with Gasteiger partial charge in [-0.05, 0) is 0 Å². The van der Waals surface area contributed by atoms with Crippen LogP contribution < -0.4 is 21.5 Å². The van der Waals surface area contributed by atoms with Gasteiger partial charge in [-0.3, -0.25) is 0 Å². The van der Waals surface area contributed by atoms with Crippen LogP contribution in [0.1, 0.15) is 44.2 Å². The second kappa shape index (κ2) is 8.01. The van der Waals surface area contributed by atoms with E-state index in [9.17, 15) is 9.59 Å². The third-order valence-corrected chi connectivity index (χ3v) is 7.08. The van der Waals surface area contributed by atoms with Crippen molar-refractivity contribution in [3.8, 4) is 6.07 Å². The van der Waals surface area contributed by atoms with Crippen LogP contribution >= 0.6 is 0 Å². The molecule has 7 nitrogen and oxygen atoms in total. The molecule has 1 saturated heterocycles. The molecule has 1 aliphatic carbocycles. The van der Waals surface area contributed by atoms with Gasteiger partial charge in [0.2, 0.25) is 0 Å². The topological polar surface area (TPSA) is 83.1 Å². The van der Waals surface area contributed by atoms with Crippen LogP contribution in [0.5, 0.6) is 0 Å². The van der Waals surface area contributed by atoms with E-state index in [1.165, 1.54) is 3.48 Å². The first-order chi connectivity index (χ1) is 13.9. The summed E-state index contributed by atoms with van der Waals surface area (Å²) in [5.74, 6) is 0.510. The molecule has 2 atom stereocenters. The number of fused-ring (bicyclic) bond motifs is 1. The van der Waals surface area contributed by atoms with Crippen molar-refractivity contribution >= 4 is 33.7 Å². The van der Waals surface area contributed by atoms with Crippen molar-refractivity contribution in [2.45, 2.75) is 51.6 Å². The Bertz CT molecular complexity index is 1100. The summed E-state index contributed by atoms with van der Waals surface area (Å²) in [4.78, 5) is 27.9. The summed E-state index contributed by atoms with van der Waals surface area (Å²) in [5.41, 5.74) is 2.44. The Hall–Kier alpha value is -2.03. The quantitative estimate of drug-likeness (QED) is 0.527. The third-order valence-electron chi connectivity index (χ3n) is 6.34. The predicted octanol–water partition coefficient (Wildman–Crippen LogP) is 1.46. The first kappa shape index (κ1) is 20.2. The third kappa shape index (κ3) is 3.65. The number of rotatable bonds is 6. The zero-order valence-electron chi connectivity index (χ0n) is 16.9. The van der Waals surface area contributed by atoms with Crippen LogP contribution in [0.4, 0.5) is 5.69 Å². The maximum absolute atomic E-state index is 12.8. The molecule has 2 fully saturated rings. The average molecular weight is 455 g/mol. The van der Waals surface area contributed by atoms with E-state index in [0.29, 0.717) is 23.8 Å². The zero-order valence-corrected chi connectivity index (χ0v) is 18.8. The van der Waals surface area contributed by atoms with E-state index >= 15 is 0 Å². The predicted molar refractivity (Wildman–Crippen MR) is 115 cm³/mol. The number of benzene rings is 1. The molecule has 0 amide bonds. The molecule has 2 aromatic rings. The van der Waals surface area contributed by atoms with Gasteiger partial charge in [-0.15, -0.1) is 0 Å². The summed E-state index contributed by atoms with van der Waals surface area (Å²) < 4.78 is 3.00. The van der Waals surface area contributed by atoms with Crippen molar-refractivity contribution < 1.29 is 0 Å². The van der Waals surface area contributed by atoms with E-state index in [-0.39, 0.29) is 17.3 Å². The molecule has 2 unspecified atom stereocenters. The normalized spacial score (nSPS) is 20.2. The van der Waals surface area contributed by atoms with Crippen molar-refractivity contribution in [2.24, 2.45) is 5.92 Å². The minimum absolute atomic E-state index is 0.200. The molecular formula is C21H26AsN5O2. The molecular weight excluding hydrogens is 429 g/mol. The molecule has 2 aliphatic rings. The molecule has 2 radical (unpaired) electrons. The Morgan fingerprint density at radius 2 is 2.07 bits per heavy atom. The molecule has 8 heteroatoms. The van der Waals surface area contributed by atoms with Gasteiger partial charge >= 0.3 is 161 Å². The molecule has 0 spiro atoms. The summed E-state index contributed by atoms with van der Waals surface area (Å²) in [6.07, 6.45) is 3.59. The number of hydrogen-bond donors (Lipinski definition) is 1. The van der Waals surface area contributed by atoms with E-state index in [4.69, 9.17) is 5.26 Å². The standard InChI is InChI=1S/C21H26AsN5O2/c1-13-18(25-11-8-15(12-25)14(2)24-10-3-9-23)7-6-17-19(13)26(16-4-5-16)21(29)27(22)20(17)28/h6-7,14-16,24H,3-5,8,10-12H2,1-2H3. The summed E-state index contributed by atoms with van der Waals surface area (Å²) in [6.45, 7) is 6.83. The van der Waals surface area contributed by atoms with Gasteiger partial charge in [-0.25, -0.2) is 0 Å². The van der Waals surface area contributed by atoms with Gasteiger partial charge < -0.3 is 0 Å². The number of nitriles is 1. The minimum atomic E-state index is -0.244. The number of anilines is 1. The average Bonchev–Trinajstić information content (AvgIpc) is 3.42. The Morgan fingerprint density at radius 1 is 1.31 bits per heavy atom. The van der Waals surface area contributed by atoms with Crippen LogP contribution in [-0.4, -0.2) is 50.8 Å². The van der Waals surface area contributed by atoms with Crippen LogP contribution in [0, 0.1) is 24.2 Å². The summed E-state index contributed by atoms with van der Waals surface area (Å²) >= 11 is 2.09. The monoisotopic (exact) mass is 455 g/mol. The molecule has 1 saturated carbocycles. The van der Waals surface area contributed by atoms with Gasteiger partial charge in [-0.2, -0.15) is 5.26 Å². The molecule has 4 rings (SSSR count). The Morgan fingerprint density at radius 3 is 2.76 bits per heavy atom. The molecule has 1 aromatic heterocycles. The molecule has 1 aromatic carbocycles. The fourth-order valence-electron chi connectivity index (χ4n) is 4.52. The van der Waals surface area contributed by atoms with Gasteiger partial charge in [0.15, 0.2) is 0 Å². The molecule has 0 bridgehead atoms. The Kier molecular flexibility index (Phi) is 5.59. The van der Waals surface area contributed by atoms with Gasteiger partial charge in [0.05, 0.1) is 6.07 Å². The number of nitrogens with one attached hydrogen (secondary N) is 1. The van der Waals surface area contributed by atoms with Gasteiger partial charge in [0.25, 0.3) is 0 Å². The fraction of sp³-hybridized carbons (Fsp3) is 0.571. The summed E-state index contributed by atoms with van der Waals surface area (Å²) in [6, 6.07) is 6.64. The van der Waals surface area contributed by atoms with Crippen molar-refractivity contribution in [1.82, 2.24) is 13.4 Å². The summed E-state index contributed by atoms with van der Waals surface area (Å²) in [5, 5.41) is 12.8. The molecule has 29 heavy (non-hydrogen) atoms. The van der Waals surface area contributed by atoms with E-state index < -0.39 is 0 Å². The SMILES string of the molecule is Cc1c(N2CCC(C(C)NCCC#N)C2)ccc2c(=O)n([As])c(=O)n(C3CC3)c12. The fourth-order valence-corrected chi connectivity index (χ4v) is 4.95. The molecule has 1 N–H and O–H groups in total. The Labute approximate surface area is 179 Å². The Balaban J connectivity index is 1.68. The van der Waals surface area contributed by atoms with Crippen molar-refractivity contribution in [1.29, 1.82) is 5.26 Å².